The third-order valence-electron chi connectivity index (χ3n) is 3.86. The maximum atomic E-state index is 2.36. The second-order valence-electron chi connectivity index (χ2n) is 7.22. The van der Waals surface area contributed by atoms with Crippen molar-refractivity contribution in [3.8, 4) is 22.4 Å². The smallest absolute Gasteiger partial charge is 0.198 e. The molecule has 0 N–H and O–H groups in total. The van der Waals surface area contributed by atoms with Gasteiger partial charge in [-0.15, -0.1) is 0 Å². The summed E-state index contributed by atoms with van der Waals surface area (Å²) < 4.78 is 2.36. The zero-order valence-corrected chi connectivity index (χ0v) is 14.2. The van der Waals surface area contributed by atoms with Gasteiger partial charge in [0, 0.05) is 23.1 Å². The molecule has 0 saturated carbocycles. The SMILES string of the molecule is CC(C)(C)C[n+]1ccc(-c2ccccc2)cc1-c1ccccc1. The standard InChI is InChI=1S/C22H24N/c1-22(2,3)17-23-15-14-20(18-10-6-4-7-11-18)16-21(23)19-12-8-5-9-13-19/h4-16H,17H2,1-3H3/q+1. The summed E-state index contributed by atoms with van der Waals surface area (Å²) >= 11 is 0. The highest BCUT2D eigenvalue weighted by molar-refractivity contribution is 5.68. The van der Waals surface area contributed by atoms with Crippen molar-refractivity contribution in [1.82, 2.24) is 0 Å². The molecule has 0 atom stereocenters. The van der Waals surface area contributed by atoms with Gasteiger partial charge in [-0.1, -0.05) is 69.3 Å². The Morgan fingerprint density at radius 3 is 1.83 bits per heavy atom. The number of hydrogen-bond acceptors (Lipinski definition) is 0. The van der Waals surface area contributed by atoms with Crippen LogP contribution in [0.1, 0.15) is 20.8 Å². The van der Waals surface area contributed by atoms with Crippen LogP contribution in [0.3, 0.4) is 0 Å². The van der Waals surface area contributed by atoms with Crippen LogP contribution in [0, 0.1) is 5.41 Å². The lowest BCUT2D eigenvalue weighted by Crippen LogP contribution is -2.41. The molecule has 0 saturated heterocycles. The average molecular weight is 302 g/mol. The second kappa shape index (κ2) is 6.37. The molecule has 23 heavy (non-hydrogen) atoms. The quantitative estimate of drug-likeness (QED) is 0.574. The van der Waals surface area contributed by atoms with Crippen molar-refractivity contribution in [2.24, 2.45) is 5.41 Å². The van der Waals surface area contributed by atoms with Crippen molar-refractivity contribution in [2.75, 3.05) is 0 Å². The molecule has 0 bridgehead atoms. The van der Waals surface area contributed by atoms with Crippen LogP contribution in [0.4, 0.5) is 0 Å². The van der Waals surface area contributed by atoms with Crippen molar-refractivity contribution in [3.63, 3.8) is 0 Å². The molecule has 2 aromatic carbocycles. The molecule has 0 unspecified atom stereocenters. The molecular formula is C22H24N+. The van der Waals surface area contributed by atoms with Gasteiger partial charge in [-0.25, -0.2) is 0 Å². The van der Waals surface area contributed by atoms with Crippen LogP contribution in [0.25, 0.3) is 22.4 Å². The van der Waals surface area contributed by atoms with Gasteiger partial charge in [0.05, 0.1) is 0 Å². The highest BCUT2D eigenvalue weighted by atomic mass is 15.0. The summed E-state index contributed by atoms with van der Waals surface area (Å²) in [4.78, 5) is 0. The van der Waals surface area contributed by atoms with E-state index in [1.807, 2.05) is 0 Å². The molecule has 0 aliphatic carbocycles. The first-order valence-corrected chi connectivity index (χ1v) is 8.17. The number of hydrogen-bond donors (Lipinski definition) is 0. The molecule has 1 aromatic heterocycles. The van der Waals surface area contributed by atoms with E-state index >= 15 is 0 Å². The van der Waals surface area contributed by atoms with Crippen LogP contribution in [0.2, 0.25) is 0 Å². The lowest BCUT2D eigenvalue weighted by Gasteiger charge is -2.16. The van der Waals surface area contributed by atoms with E-state index in [1.165, 1.54) is 22.4 Å². The average Bonchev–Trinajstić information content (AvgIpc) is 2.55. The monoisotopic (exact) mass is 302 g/mol. The van der Waals surface area contributed by atoms with Crippen LogP contribution >= 0.6 is 0 Å². The highest BCUT2D eigenvalue weighted by Gasteiger charge is 2.21. The van der Waals surface area contributed by atoms with Crippen LogP contribution in [-0.2, 0) is 6.54 Å². The van der Waals surface area contributed by atoms with E-state index in [1.54, 1.807) is 0 Å². The van der Waals surface area contributed by atoms with E-state index in [4.69, 9.17) is 0 Å². The Balaban J connectivity index is 2.11. The Kier molecular flexibility index (Phi) is 4.29. The molecule has 3 rings (SSSR count). The summed E-state index contributed by atoms with van der Waals surface area (Å²) in [6.45, 7) is 7.83. The number of pyridine rings is 1. The van der Waals surface area contributed by atoms with E-state index in [2.05, 4.69) is 104 Å². The Bertz CT molecular complexity index is 768. The summed E-state index contributed by atoms with van der Waals surface area (Å²) in [7, 11) is 0. The summed E-state index contributed by atoms with van der Waals surface area (Å²) in [6, 6.07) is 25.7. The molecule has 0 spiro atoms. The van der Waals surface area contributed by atoms with Crippen LogP contribution < -0.4 is 4.57 Å². The topological polar surface area (TPSA) is 3.88 Å². The van der Waals surface area contributed by atoms with Crippen molar-refractivity contribution in [3.05, 3.63) is 79.0 Å². The fourth-order valence-electron chi connectivity index (χ4n) is 2.85. The molecule has 116 valence electrons. The van der Waals surface area contributed by atoms with Gasteiger partial charge in [0.15, 0.2) is 12.7 Å². The van der Waals surface area contributed by atoms with Gasteiger partial charge >= 0.3 is 0 Å². The van der Waals surface area contributed by atoms with E-state index < -0.39 is 0 Å². The summed E-state index contributed by atoms with van der Waals surface area (Å²) in [5.41, 5.74) is 5.28. The largest absolute Gasteiger partial charge is 0.213 e. The molecule has 0 amide bonds. The minimum atomic E-state index is 0.239. The lowest BCUT2D eigenvalue weighted by molar-refractivity contribution is -0.697. The molecule has 0 radical (unpaired) electrons. The highest BCUT2D eigenvalue weighted by Crippen LogP contribution is 2.24. The van der Waals surface area contributed by atoms with Gasteiger partial charge in [-0.3, -0.25) is 0 Å². The first-order chi connectivity index (χ1) is 11.0. The maximum Gasteiger partial charge on any atom is 0.213 e. The van der Waals surface area contributed by atoms with E-state index in [-0.39, 0.29) is 5.41 Å². The summed E-state index contributed by atoms with van der Waals surface area (Å²) in [5, 5.41) is 0. The fourth-order valence-corrected chi connectivity index (χ4v) is 2.85. The van der Waals surface area contributed by atoms with Crippen molar-refractivity contribution in [1.29, 1.82) is 0 Å². The third-order valence-corrected chi connectivity index (χ3v) is 3.86. The van der Waals surface area contributed by atoms with Crippen LogP contribution in [0.15, 0.2) is 79.0 Å². The van der Waals surface area contributed by atoms with Gasteiger partial charge < -0.3 is 0 Å². The maximum absolute atomic E-state index is 2.36. The number of rotatable bonds is 3. The molecule has 1 heterocycles. The molecule has 0 aliphatic rings. The number of benzene rings is 2. The van der Waals surface area contributed by atoms with E-state index in [9.17, 15) is 0 Å². The molecule has 3 aromatic rings. The Morgan fingerprint density at radius 1 is 0.696 bits per heavy atom. The molecule has 0 aliphatic heterocycles. The number of aromatic nitrogens is 1. The summed E-state index contributed by atoms with van der Waals surface area (Å²) in [5.74, 6) is 0. The van der Waals surface area contributed by atoms with E-state index in [0.717, 1.165) is 6.54 Å². The molecule has 1 nitrogen and oxygen atoms in total. The Morgan fingerprint density at radius 2 is 1.26 bits per heavy atom. The van der Waals surface area contributed by atoms with Crippen LogP contribution in [0.5, 0.6) is 0 Å². The van der Waals surface area contributed by atoms with Gasteiger partial charge in [0.2, 0.25) is 5.69 Å². The normalized spacial score (nSPS) is 11.4. The molecule has 1 heteroatoms. The predicted molar refractivity (Wildman–Crippen MR) is 97.0 cm³/mol. The first kappa shape index (κ1) is 15.5. The lowest BCUT2D eigenvalue weighted by atomic mass is 9.95. The van der Waals surface area contributed by atoms with Gasteiger partial charge in [-0.2, -0.15) is 4.57 Å². The fraction of sp³-hybridized carbons (Fsp3) is 0.227. The van der Waals surface area contributed by atoms with Gasteiger partial charge in [0.1, 0.15) is 0 Å². The predicted octanol–water partition coefficient (Wildman–Crippen LogP) is 5.35. The minimum Gasteiger partial charge on any atom is -0.198 e. The molecular weight excluding hydrogens is 278 g/mol. The zero-order chi connectivity index (χ0) is 16.3. The van der Waals surface area contributed by atoms with Crippen molar-refractivity contribution >= 4 is 0 Å². The second-order valence-corrected chi connectivity index (χ2v) is 7.22. The third kappa shape index (κ3) is 3.87. The van der Waals surface area contributed by atoms with Gasteiger partial charge in [0.25, 0.3) is 0 Å². The Hall–Kier alpha value is -2.41. The first-order valence-electron chi connectivity index (χ1n) is 8.17. The molecule has 0 fully saturated rings. The number of nitrogens with zero attached hydrogens (tertiary/aromatic N) is 1. The van der Waals surface area contributed by atoms with Crippen molar-refractivity contribution < 1.29 is 4.57 Å². The zero-order valence-electron chi connectivity index (χ0n) is 14.2. The Labute approximate surface area is 139 Å². The summed E-state index contributed by atoms with van der Waals surface area (Å²) in [6.07, 6.45) is 2.22. The minimum absolute atomic E-state index is 0.239. The van der Waals surface area contributed by atoms with Crippen molar-refractivity contribution in [2.45, 2.75) is 27.3 Å². The van der Waals surface area contributed by atoms with E-state index in [0.29, 0.717) is 0 Å². The van der Waals surface area contributed by atoms with Gasteiger partial charge in [-0.05, 0) is 23.3 Å². The van der Waals surface area contributed by atoms with Crippen LogP contribution in [-0.4, -0.2) is 0 Å².